The lowest BCUT2D eigenvalue weighted by atomic mass is 9.92. The smallest absolute Gasteiger partial charge is 0.331 e. The van der Waals surface area contributed by atoms with Crippen molar-refractivity contribution in [1.82, 2.24) is 9.55 Å². The van der Waals surface area contributed by atoms with Crippen molar-refractivity contribution < 1.29 is 18.7 Å². The van der Waals surface area contributed by atoms with Crippen LogP contribution in [0.1, 0.15) is 26.5 Å². The molecule has 0 radical (unpaired) electrons. The first-order chi connectivity index (χ1) is 8.09. The van der Waals surface area contributed by atoms with E-state index in [4.69, 9.17) is 10.8 Å². The summed E-state index contributed by atoms with van der Waals surface area (Å²) in [5.41, 5.74) is 3.00. The Bertz CT molecular complexity index is 440. The molecule has 1 rings (SSSR count). The van der Waals surface area contributed by atoms with Gasteiger partial charge in [0.25, 0.3) is 6.43 Å². The Morgan fingerprint density at radius 3 is 2.50 bits per heavy atom. The van der Waals surface area contributed by atoms with E-state index in [2.05, 4.69) is 4.98 Å². The van der Waals surface area contributed by atoms with Crippen molar-refractivity contribution in [3.8, 4) is 0 Å². The number of nitrogens with two attached hydrogens (primary N) is 1. The zero-order chi connectivity index (χ0) is 14.1. The Hall–Kier alpha value is -1.50. The maximum atomic E-state index is 12.8. The van der Waals surface area contributed by atoms with Gasteiger partial charge in [-0.15, -0.1) is 0 Å². The lowest BCUT2D eigenvalue weighted by molar-refractivity contribution is -0.150. The average molecular weight is 261 g/mol. The van der Waals surface area contributed by atoms with Crippen LogP contribution in [-0.2, 0) is 16.8 Å². The summed E-state index contributed by atoms with van der Waals surface area (Å²) in [6.45, 7) is 5.11. The van der Waals surface area contributed by atoms with E-state index in [9.17, 15) is 13.6 Å². The summed E-state index contributed by atoms with van der Waals surface area (Å²) in [6.07, 6.45) is -0.327. The molecule has 1 aromatic heterocycles. The first kappa shape index (κ1) is 14.6. The molecule has 0 aliphatic rings. The molecule has 0 bridgehead atoms. The maximum absolute atomic E-state index is 12.8. The number of aliphatic carboxylic acids is 1. The highest BCUT2D eigenvalue weighted by molar-refractivity contribution is 5.79. The van der Waals surface area contributed by atoms with Gasteiger partial charge in [0.1, 0.15) is 0 Å². The standard InChI is InChI=1S/C11H17F2N3O2/c1-10(2,3)7-4-15-6-16(7)5-11(14,8(12)13)9(17)18/h4,6,8H,5,14H2,1-3H3,(H,17,18). The molecule has 7 heteroatoms. The molecule has 0 amide bonds. The molecule has 1 aromatic rings. The number of aromatic nitrogens is 2. The number of imidazole rings is 1. The number of rotatable bonds is 4. The fourth-order valence-electron chi connectivity index (χ4n) is 1.58. The van der Waals surface area contributed by atoms with Crippen molar-refractivity contribution in [3.63, 3.8) is 0 Å². The van der Waals surface area contributed by atoms with Crippen LogP contribution in [0.3, 0.4) is 0 Å². The Morgan fingerprint density at radius 1 is 1.56 bits per heavy atom. The quantitative estimate of drug-likeness (QED) is 0.854. The third-order valence-corrected chi connectivity index (χ3v) is 2.70. The largest absolute Gasteiger partial charge is 0.480 e. The molecule has 1 unspecified atom stereocenters. The summed E-state index contributed by atoms with van der Waals surface area (Å²) in [5.74, 6) is -1.73. The van der Waals surface area contributed by atoms with Gasteiger partial charge in [0.2, 0.25) is 0 Å². The molecule has 0 aromatic carbocycles. The van der Waals surface area contributed by atoms with Crippen LogP contribution >= 0.6 is 0 Å². The molecule has 0 fully saturated rings. The predicted octanol–water partition coefficient (Wildman–Crippen LogP) is 1.23. The van der Waals surface area contributed by atoms with E-state index in [1.54, 1.807) is 0 Å². The van der Waals surface area contributed by atoms with Crippen molar-refractivity contribution in [1.29, 1.82) is 0 Å². The average Bonchev–Trinajstić information content (AvgIpc) is 2.64. The van der Waals surface area contributed by atoms with Gasteiger partial charge in [0, 0.05) is 17.3 Å². The van der Waals surface area contributed by atoms with Crippen molar-refractivity contribution >= 4 is 5.97 Å². The maximum Gasteiger partial charge on any atom is 0.331 e. The highest BCUT2D eigenvalue weighted by Crippen LogP contribution is 2.24. The molecule has 102 valence electrons. The van der Waals surface area contributed by atoms with Crippen LogP contribution in [0, 0.1) is 0 Å². The first-order valence-electron chi connectivity index (χ1n) is 5.40. The minimum absolute atomic E-state index is 0.335. The van der Waals surface area contributed by atoms with Gasteiger partial charge in [-0.3, -0.25) is 0 Å². The number of hydrogen-bond acceptors (Lipinski definition) is 3. The van der Waals surface area contributed by atoms with Crippen LogP contribution in [0.5, 0.6) is 0 Å². The number of carboxylic acids is 1. The van der Waals surface area contributed by atoms with E-state index in [0.717, 1.165) is 0 Å². The molecule has 0 spiro atoms. The van der Waals surface area contributed by atoms with Crippen LogP contribution in [-0.4, -0.2) is 32.6 Å². The zero-order valence-electron chi connectivity index (χ0n) is 10.5. The molecule has 1 atom stereocenters. The van der Waals surface area contributed by atoms with Gasteiger partial charge in [-0.1, -0.05) is 20.8 Å². The van der Waals surface area contributed by atoms with Gasteiger partial charge >= 0.3 is 5.97 Å². The van der Waals surface area contributed by atoms with Gasteiger partial charge in [-0.05, 0) is 0 Å². The molecule has 5 nitrogen and oxygen atoms in total. The van der Waals surface area contributed by atoms with Crippen molar-refractivity contribution in [3.05, 3.63) is 18.2 Å². The Morgan fingerprint density at radius 2 is 2.11 bits per heavy atom. The number of halogens is 2. The van der Waals surface area contributed by atoms with Crippen LogP contribution in [0.4, 0.5) is 8.78 Å². The number of alkyl halides is 2. The summed E-state index contributed by atoms with van der Waals surface area (Å²) in [7, 11) is 0. The lowest BCUT2D eigenvalue weighted by Crippen LogP contribution is -2.57. The second-order valence-electron chi connectivity index (χ2n) is 5.30. The Kier molecular flexibility index (Phi) is 3.75. The van der Waals surface area contributed by atoms with E-state index in [-0.39, 0.29) is 5.41 Å². The highest BCUT2D eigenvalue weighted by Gasteiger charge is 2.45. The molecule has 1 heterocycles. The third kappa shape index (κ3) is 2.66. The number of nitrogens with zero attached hydrogens (tertiary/aromatic N) is 2. The van der Waals surface area contributed by atoms with Crippen molar-refractivity contribution in [2.45, 2.75) is 44.7 Å². The van der Waals surface area contributed by atoms with E-state index in [1.165, 1.54) is 17.1 Å². The van der Waals surface area contributed by atoms with Gasteiger partial charge in [0.15, 0.2) is 5.54 Å². The van der Waals surface area contributed by atoms with Gasteiger partial charge in [0.05, 0.1) is 12.9 Å². The normalized spacial score (nSPS) is 15.7. The SMILES string of the molecule is CC(C)(C)c1cncn1CC(N)(C(=O)O)C(F)F. The monoisotopic (exact) mass is 261 g/mol. The summed E-state index contributed by atoms with van der Waals surface area (Å²) >= 11 is 0. The summed E-state index contributed by atoms with van der Waals surface area (Å²) in [5, 5.41) is 8.86. The van der Waals surface area contributed by atoms with Gasteiger partial charge in [-0.25, -0.2) is 18.6 Å². The number of carbonyl (C=O) groups is 1. The molecular weight excluding hydrogens is 244 g/mol. The Balaban J connectivity index is 3.11. The summed E-state index contributed by atoms with van der Waals surface area (Å²) in [6, 6.07) is 0. The molecule has 18 heavy (non-hydrogen) atoms. The van der Waals surface area contributed by atoms with Crippen LogP contribution in [0.25, 0.3) is 0 Å². The predicted molar refractivity (Wildman–Crippen MR) is 61.5 cm³/mol. The Labute approximate surface area is 104 Å². The van der Waals surface area contributed by atoms with Gasteiger partial charge in [-0.2, -0.15) is 0 Å². The van der Waals surface area contributed by atoms with E-state index < -0.39 is 24.5 Å². The fraction of sp³-hybridized carbons (Fsp3) is 0.636. The van der Waals surface area contributed by atoms with Crippen LogP contribution in [0.2, 0.25) is 0 Å². The van der Waals surface area contributed by atoms with Gasteiger partial charge < -0.3 is 15.4 Å². The molecule has 0 aliphatic heterocycles. The first-order valence-corrected chi connectivity index (χ1v) is 5.40. The fourth-order valence-corrected chi connectivity index (χ4v) is 1.58. The van der Waals surface area contributed by atoms with Crippen LogP contribution < -0.4 is 5.73 Å². The number of hydrogen-bond donors (Lipinski definition) is 2. The van der Waals surface area contributed by atoms with Crippen molar-refractivity contribution in [2.24, 2.45) is 5.73 Å². The molecule has 0 saturated carbocycles. The van der Waals surface area contributed by atoms with Crippen molar-refractivity contribution in [2.75, 3.05) is 0 Å². The molecular formula is C11H17F2N3O2. The third-order valence-electron chi connectivity index (χ3n) is 2.70. The minimum Gasteiger partial charge on any atom is -0.480 e. The lowest BCUT2D eigenvalue weighted by Gasteiger charge is -2.27. The minimum atomic E-state index is -3.16. The van der Waals surface area contributed by atoms with E-state index in [1.807, 2.05) is 20.8 Å². The number of carboxylic acid groups (broad SMARTS) is 1. The summed E-state index contributed by atoms with van der Waals surface area (Å²) in [4.78, 5) is 14.8. The summed E-state index contributed by atoms with van der Waals surface area (Å²) < 4.78 is 27.0. The molecule has 3 N–H and O–H groups in total. The second kappa shape index (κ2) is 4.64. The molecule has 0 saturated heterocycles. The van der Waals surface area contributed by atoms with Crippen LogP contribution in [0.15, 0.2) is 12.5 Å². The highest BCUT2D eigenvalue weighted by atomic mass is 19.3. The second-order valence-corrected chi connectivity index (χ2v) is 5.30. The van der Waals surface area contributed by atoms with E-state index in [0.29, 0.717) is 5.69 Å². The zero-order valence-corrected chi connectivity index (χ0v) is 10.5. The van der Waals surface area contributed by atoms with E-state index >= 15 is 0 Å². The topological polar surface area (TPSA) is 81.1 Å². The molecule has 0 aliphatic carbocycles.